The number of halogens is 1. The summed E-state index contributed by atoms with van der Waals surface area (Å²) >= 11 is 0. The molecule has 21 heavy (non-hydrogen) atoms. The first-order valence-corrected chi connectivity index (χ1v) is 8.74. The Balaban J connectivity index is 2.23. The number of ether oxygens (including phenoxy) is 1. The van der Waals surface area contributed by atoms with E-state index in [1.807, 2.05) is 6.08 Å². The van der Waals surface area contributed by atoms with Crippen LogP contribution in [0.25, 0.3) is 0 Å². The van der Waals surface area contributed by atoms with Crippen LogP contribution in [0.1, 0.15) is 16.8 Å². The standard InChI is InChI=1S/C14H16ClNO4S/c1-20-10-11-6-8-16(9-7-11)14(17)12-4-2-3-5-13(12)21(15,18)19/h2-6H,7-10H2,1H3. The maximum absolute atomic E-state index is 12.5. The molecule has 0 saturated heterocycles. The van der Waals surface area contributed by atoms with Crippen LogP contribution in [0.3, 0.4) is 0 Å². The van der Waals surface area contributed by atoms with Crippen LogP contribution in [0.4, 0.5) is 0 Å². The molecule has 2 rings (SSSR count). The van der Waals surface area contributed by atoms with Crippen molar-refractivity contribution in [2.24, 2.45) is 0 Å². The van der Waals surface area contributed by atoms with Gasteiger partial charge in [0.05, 0.1) is 17.1 Å². The van der Waals surface area contributed by atoms with Crippen LogP contribution in [-0.4, -0.2) is 46.0 Å². The second kappa shape index (κ2) is 6.60. The summed E-state index contributed by atoms with van der Waals surface area (Å²) in [7, 11) is 3.06. The number of amides is 1. The van der Waals surface area contributed by atoms with Crippen LogP contribution in [-0.2, 0) is 13.8 Å². The first kappa shape index (κ1) is 16.0. The number of benzene rings is 1. The van der Waals surface area contributed by atoms with Crippen molar-refractivity contribution in [2.75, 3.05) is 26.8 Å². The Labute approximate surface area is 128 Å². The number of nitrogens with zero attached hydrogens (tertiary/aromatic N) is 1. The molecule has 1 aliphatic rings. The minimum absolute atomic E-state index is 0.107. The first-order chi connectivity index (χ1) is 9.93. The Morgan fingerprint density at radius 3 is 2.67 bits per heavy atom. The van der Waals surface area contributed by atoms with Crippen molar-refractivity contribution < 1.29 is 17.9 Å². The van der Waals surface area contributed by atoms with E-state index in [9.17, 15) is 13.2 Å². The molecule has 1 aromatic carbocycles. The van der Waals surface area contributed by atoms with E-state index in [2.05, 4.69) is 0 Å². The molecule has 1 heterocycles. The predicted octanol–water partition coefficient (Wildman–Crippen LogP) is 2.03. The van der Waals surface area contributed by atoms with E-state index in [1.54, 1.807) is 24.1 Å². The third-order valence-corrected chi connectivity index (χ3v) is 4.68. The lowest BCUT2D eigenvalue weighted by molar-refractivity contribution is 0.0761. The molecule has 0 saturated carbocycles. The van der Waals surface area contributed by atoms with Crippen LogP contribution >= 0.6 is 10.7 Å². The lowest BCUT2D eigenvalue weighted by Gasteiger charge is -2.27. The average molecular weight is 330 g/mol. The number of carbonyl (C=O) groups is 1. The zero-order valence-corrected chi connectivity index (χ0v) is 13.2. The van der Waals surface area contributed by atoms with Gasteiger partial charge in [0.15, 0.2) is 0 Å². The van der Waals surface area contributed by atoms with Gasteiger partial charge in [-0.3, -0.25) is 4.79 Å². The van der Waals surface area contributed by atoms with Gasteiger partial charge in [-0.05, 0) is 24.1 Å². The number of rotatable bonds is 4. The Bertz CT molecular complexity index is 669. The zero-order chi connectivity index (χ0) is 15.5. The summed E-state index contributed by atoms with van der Waals surface area (Å²) in [6, 6.07) is 5.98. The Morgan fingerprint density at radius 2 is 2.10 bits per heavy atom. The van der Waals surface area contributed by atoms with Gasteiger partial charge in [-0.25, -0.2) is 8.42 Å². The van der Waals surface area contributed by atoms with Gasteiger partial charge in [-0.1, -0.05) is 18.2 Å². The Kier molecular flexibility index (Phi) is 5.03. The molecule has 5 nitrogen and oxygen atoms in total. The summed E-state index contributed by atoms with van der Waals surface area (Å²) in [5, 5.41) is 0. The fraction of sp³-hybridized carbons (Fsp3) is 0.357. The number of carbonyl (C=O) groups excluding carboxylic acids is 1. The Morgan fingerprint density at radius 1 is 1.38 bits per heavy atom. The van der Waals surface area contributed by atoms with Crippen LogP contribution in [0, 0.1) is 0 Å². The van der Waals surface area contributed by atoms with Gasteiger partial charge >= 0.3 is 0 Å². The number of hydrogen-bond donors (Lipinski definition) is 0. The summed E-state index contributed by atoms with van der Waals surface area (Å²) in [5.74, 6) is -0.331. The monoisotopic (exact) mass is 329 g/mol. The highest BCUT2D eigenvalue weighted by Crippen LogP contribution is 2.22. The first-order valence-electron chi connectivity index (χ1n) is 6.43. The minimum Gasteiger partial charge on any atom is -0.380 e. The summed E-state index contributed by atoms with van der Waals surface area (Å²) in [6.07, 6.45) is 2.65. The molecule has 0 bridgehead atoms. The molecule has 0 aliphatic carbocycles. The Hall–Kier alpha value is -1.37. The van der Waals surface area contributed by atoms with Crippen LogP contribution in [0.5, 0.6) is 0 Å². The molecule has 0 aromatic heterocycles. The summed E-state index contributed by atoms with van der Waals surface area (Å²) in [6.45, 7) is 1.52. The van der Waals surface area contributed by atoms with E-state index >= 15 is 0 Å². The fourth-order valence-corrected chi connectivity index (χ4v) is 3.30. The van der Waals surface area contributed by atoms with Crippen molar-refractivity contribution in [2.45, 2.75) is 11.3 Å². The molecule has 0 N–H and O–H groups in total. The van der Waals surface area contributed by atoms with Gasteiger partial charge < -0.3 is 9.64 Å². The predicted molar refractivity (Wildman–Crippen MR) is 80.0 cm³/mol. The van der Waals surface area contributed by atoms with Crippen LogP contribution in [0.15, 0.2) is 40.8 Å². The maximum atomic E-state index is 12.5. The maximum Gasteiger partial charge on any atom is 0.262 e. The van der Waals surface area contributed by atoms with Crippen molar-refractivity contribution in [3.8, 4) is 0 Å². The molecular formula is C14H16ClNO4S. The normalized spacial score (nSPS) is 15.7. The zero-order valence-electron chi connectivity index (χ0n) is 11.6. The van der Waals surface area contributed by atoms with Gasteiger partial charge in [0.25, 0.3) is 15.0 Å². The van der Waals surface area contributed by atoms with Gasteiger partial charge in [0, 0.05) is 30.9 Å². The third kappa shape index (κ3) is 3.84. The lowest BCUT2D eigenvalue weighted by Crippen LogP contribution is -2.35. The van der Waals surface area contributed by atoms with Gasteiger partial charge in [0.2, 0.25) is 0 Å². The smallest absolute Gasteiger partial charge is 0.262 e. The molecule has 0 fully saturated rings. The van der Waals surface area contributed by atoms with Gasteiger partial charge in [-0.2, -0.15) is 0 Å². The van der Waals surface area contributed by atoms with E-state index in [1.165, 1.54) is 12.1 Å². The SMILES string of the molecule is COCC1=CCN(C(=O)c2ccccc2S(=O)(=O)Cl)CC1. The topological polar surface area (TPSA) is 63.7 Å². The largest absolute Gasteiger partial charge is 0.380 e. The highest BCUT2D eigenvalue weighted by Gasteiger charge is 2.25. The van der Waals surface area contributed by atoms with Crippen molar-refractivity contribution >= 4 is 25.6 Å². The second-order valence-electron chi connectivity index (χ2n) is 4.73. The van der Waals surface area contributed by atoms with E-state index < -0.39 is 9.05 Å². The molecule has 0 spiro atoms. The lowest BCUT2D eigenvalue weighted by atomic mass is 10.1. The van der Waals surface area contributed by atoms with E-state index in [0.717, 1.165) is 12.0 Å². The summed E-state index contributed by atoms with van der Waals surface area (Å²) < 4.78 is 28.1. The second-order valence-corrected chi connectivity index (χ2v) is 7.26. The fourth-order valence-electron chi connectivity index (χ4n) is 2.24. The molecule has 0 radical (unpaired) electrons. The average Bonchev–Trinajstić information content (AvgIpc) is 2.47. The van der Waals surface area contributed by atoms with Crippen molar-refractivity contribution in [3.63, 3.8) is 0 Å². The summed E-state index contributed by atoms with van der Waals surface area (Å²) in [5.41, 5.74) is 1.25. The van der Waals surface area contributed by atoms with Crippen molar-refractivity contribution in [1.29, 1.82) is 0 Å². The third-order valence-electron chi connectivity index (χ3n) is 3.30. The van der Waals surface area contributed by atoms with Crippen molar-refractivity contribution in [3.05, 3.63) is 41.5 Å². The molecule has 0 atom stereocenters. The molecule has 1 aliphatic heterocycles. The van der Waals surface area contributed by atoms with E-state index in [0.29, 0.717) is 19.7 Å². The minimum atomic E-state index is -3.95. The van der Waals surface area contributed by atoms with E-state index in [4.69, 9.17) is 15.4 Å². The molecule has 114 valence electrons. The highest BCUT2D eigenvalue weighted by molar-refractivity contribution is 8.13. The molecular weight excluding hydrogens is 314 g/mol. The van der Waals surface area contributed by atoms with Gasteiger partial charge in [-0.15, -0.1) is 0 Å². The highest BCUT2D eigenvalue weighted by atomic mass is 35.7. The number of methoxy groups -OCH3 is 1. The summed E-state index contributed by atoms with van der Waals surface area (Å²) in [4.78, 5) is 13.9. The molecule has 1 aromatic rings. The van der Waals surface area contributed by atoms with Crippen LogP contribution < -0.4 is 0 Å². The molecule has 1 amide bonds. The van der Waals surface area contributed by atoms with Crippen LogP contribution in [0.2, 0.25) is 0 Å². The van der Waals surface area contributed by atoms with Crippen molar-refractivity contribution in [1.82, 2.24) is 4.90 Å². The van der Waals surface area contributed by atoms with E-state index in [-0.39, 0.29) is 16.4 Å². The number of hydrogen-bond acceptors (Lipinski definition) is 4. The van der Waals surface area contributed by atoms with Gasteiger partial charge in [0.1, 0.15) is 0 Å². The molecule has 0 unspecified atom stereocenters. The molecule has 7 heteroatoms. The quantitative estimate of drug-likeness (QED) is 0.626.